The second kappa shape index (κ2) is 4.25. The third-order valence-electron chi connectivity index (χ3n) is 4.86. The van der Waals surface area contributed by atoms with Crippen molar-refractivity contribution in [2.45, 2.75) is 45.1 Å². The van der Waals surface area contributed by atoms with Crippen molar-refractivity contribution in [1.82, 2.24) is 5.32 Å². The number of aliphatic carboxylic acids is 1. The van der Waals surface area contributed by atoms with Crippen LogP contribution < -0.4 is 5.32 Å². The molecule has 98 valence electrons. The SMILES string of the molecule is CC(C)C1CCCC(O)(C2(C(=O)O)CNC2)C1. The summed E-state index contributed by atoms with van der Waals surface area (Å²) in [4.78, 5) is 11.5. The standard InChI is InChI=1S/C13H23NO3/c1-9(2)10-4-3-5-13(17,6-10)12(11(15)16)7-14-8-12/h9-10,14,17H,3-8H2,1-2H3,(H,15,16). The van der Waals surface area contributed by atoms with Crippen LogP contribution in [0.15, 0.2) is 0 Å². The lowest BCUT2D eigenvalue weighted by Crippen LogP contribution is -2.70. The van der Waals surface area contributed by atoms with Crippen molar-refractivity contribution in [3.05, 3.63) is 0 Å². The van der Waals surface area contributed by atoms with Gasteiger partial charge >= 0.3 is 5.97 Å². The van der Waals surface area contributed by atoms with Gasteiger partial charge in [-0.15, -0.1) is 0 Å². The second-order valence-corrected chi connectivity index (χ2v) is 6.12. The molecule has 2 aliphatic rings. The highest BCUT2D eigenvalue weighted by Crippen LogP contribution is 2.48. The Morgan fingerprint density at radius 1 is 1.41 bits per heavy atom. The second-order valence-electron chi connectivity index (χ2n) is 6.12. The molecule has 17 heavy (non-hydrogen) atoms. The van der Waals surface area contributed by atoms with Crippen molar-refractivity contribution < 1.29 is 15.0 Å². The molecule has 2 fully saturated rings. The van der Waals surface area contributed by atoms with E-state index in [2.05, 4.69) is 19.2 Å². The highest BCUT2D eigenvalue weighted by molar-refractivity contribution is 5.78. The predicted octanol–water partition coefficient (Wildman–Crippen LogP) is 1.24. The van der Waals surface area contributed by atoms with Gasteiger partial charge in [-0.05, 0) is 31.1 Å². The van der Waals surface area contributed by atoms with E-state index in [1.54, 1.807) is 0 Å². The van der Waals surface area contributed by atoms with Crippen LogP contribution in [-0.2, 0) is 4.79 Å². The fourth-order valence-corrected chi connectivity index (χ4v) is 3.35. The summed E-state index contributed by atoms with van der Waals surface area (Å²) in [7, 11) is 0. The molecule has 4 nitrogen and oxygen atoms in total. The molecule has 2 atom stereocenters. The molecule has 0 aromatic carbocycles. The molecule has 3 N–H and O–H groups in total. The van der Waals surface area contributed by atoms with E-state index >= 15 is 0 Å². The van der Waals surface area contributed by atoms with Crippen molar-refractivity contribution in [3.8, 4) is 0 Å². The van der Waals surface area contributed by atoms with Gasteiger partial charge in [0.2, 0.25) is 0 Å². The normalized spacial score (nSPS) is 36.6. The van der Waals surface area contributed by atoms with Crippen LogP contribution in [0.5, 0.6) is 0 Å². The van der Waals surface area contributed by atoms with Crippen LogP contribution in [0.25, 0.3) is 0 Å². The number of aliphatic hydroxyl groups is 1. The highest BCUT2D eigenvalue weighted by atomic mass is 16.4. The maximum Gasteiger partial charge on any atom is 0.315 e. The summed E-state index contributed by atoms with van der Waals surface area (Å²) in [6.45, 7) is 5.12. The molecule has 1 saturated carbocycles. The molecule has 1 aliphatic carbocycles. The lowest BCUT2D eigenvalue weighted by atomic mass is 9.58. The number of rotatable bonds is 3. The average Bonchev–Trinajstić information content (AvgIpc) is 2.14. The van der Waals surface area contributed by atoms with Gasteiger partial charge in [0.1, 0.15) is 5.41 Å². The summed E-state index contributed by atoms with van der Waals surface area (Å²) in [5, 5.41) is 23.2. The van der Waals surface area contributed by atoms with E-state index in [0.29, 0.717) is 37.8 Å². The number of carbonyl (C=O) groups is 1. The van der Waals surface area contributed by atoms with Crippen LogP contribution >= 0.6 is 0 Å². The Bertz CT molecular complexity index is 312. The number of nitrogens with one attached hydrogen (secondary N) is 1. The summed E-state index contributed by atoms with van der Waals surface area (Å²) in [6.07, 6.45) is 3.32. The molecule has 2 unspecified atom stereocenters. The maximum atomic E-state index is 11.5. The average molecular weight is 241 g/mol. The Balaban J connectivity index is 2.20. The highest BCUT2D eigenvalue weighted by Gasteiger charge is 2.60. The van der Waals surface area contributed by atoms with Gasteiger partial charge in [0, 0.05) is 13.1 Å². The lowest BCUT2D eigenvalue weighted by Gasteiger charge is -2.53. The van der Waals surface area contributed by atoms with Gasteiger partial charge < -0.3 is 15.5 Å². The van der Waals surface area contributed by atoms with Crippen molar-refractivity contribution >= 4 is 5.97 Å². The first-order valence-corrected chi connectivity index (χ1v) is 6.58. The summed E-state index contributed by atoms with van der Waals surface area (Å²) in [5.41, 5.74) is -1.96. The van der Waals surface area contributed by atoms with Gasteiger partial charge in [-0.2, -0.15) is 0 Å². The Kier molecular flexibility index (Phi) is 3.21. The zero-order valence-electron chi connectivity index (χ0n) is 10.7. The van der Waals surface area contributed by atoms with Crippen LogP contribution in [0.1, 0.15) is 39.5 Å². The van der Waals surface area contributed by atoms with Gasteiger partial charge in [-0.25, -0.2) is 0 Å². The zero-order valence-corrected chi connectivity index (χ0v) is 10.7. The molecule has 2 rings (SSSR count). The first-order valence-electron chi connectivity index (χ1n) is 6.58. The van der Waals surface area contributed by atoms with E-state index in [0.717, 1.165) is 12.8 Å². The number of carboxylic acid groups (broad SMARTS) is 1. The molecule has 1 aliphatic heterocycles. The zero-order chi connectivity index (χ0) is 12.7. The van der Waals surface area contributed by atoms with Crippen molar-refractivity contribution in [2.24, 2.45) is 17.3 Å². The molecule has 1 saturated heterocycles. The molecule has 0 bridgehead atoms. The van der Waals surface area contributed by atoms with Crippen LogP contribution in [0.4, 0.5) is 0 Å². The summed E-state index contributed by atoms with van der Waals surface area (Å²) < 4.78 is 0. The summed E-state index contributed by atoms with van der Waals surface area (Å²) in [6, 6.07) is 0. The van der Waals surface area contributed by atoms with Crippen molar-refractivity contribution in [1.29, 1.82) is 0 Å². The molecule has 4 heteroatoms. The number of carboxylic acids is 1. The minimum atomic E-state index is -1.02. The third kappa shape index (κ3) is 1.87. The van der Waals surface area contributed by atoms with Gasteiger partial charge in [0.15, 0.2) is 0 Å². The lowest BCUT2D eigenvalue weighted by molar-refractivity contribution is -0.188. The van der Waals surface area contributed by atoms with Gasteiger partial charge in [-0.3, -0.25) is 4.79 Å². The predicted molar refractivity (Wildman–Crippen MR) is 64.7 cm³/mol. The molecule has 0 radical (unpaired) electrons. The fraction of sp³-hybridized carbons (Fsp3) is 0.923. The van der Waals surface area contributed by atoms with Gasteiger partial charge in [0.05, 0.1) is 5.60 Å². The maximum absolute atomic E-state index is 11.5. The van der Waals surface area contributed by atoms with Crippen LogP contribution in [0.3, 0.4) is 0 Å². The summed E-state index contributed by atoms with van der Waals surface area (Å²) >= 11 is 0. The van der Waals surface area contributed by atoms with E-state index in [9.17, 15) is 15.0 Å². The fourth-order valence-electron chi connectivity index (χ4n) is 3.35. The molecule has 0 aromatic heterocycles. The monoisotopic (exact) mass is 241 g/mol. The largest absolute Gasteiger partial charge is 0.481 e. The Labute approximate surface area is 102 Å². The summed E-state index contributed by atoms with van der Waals surface area (Å²) in [5.74, 6) is 0.120. The third-order valence-corrected chi connectivity index (χ3v) is 4.86. The van der Waals surface area contributed by atoms with Crippen molar-refractivity contribution in [3.63, 3.8) is 0 Å². The smallest absolute Gasteiger partial charge is 0.315 e. The van der Waals surface area contributed by atoms with Crippen LogP contribution in [0, 0.1) is 17.3 Å². The van der Waals surface area contributed by atoms with E-state index in [1.807, 2.05) is 0 Å². The first kappa shape index (κ1) is 12.8. The van der Waals surface area contributed by atoms with Gasteiger partial charge in [-0.1, -0.05) is 20.3 Å². The van der Waals surface area contributed by atoms with Gasteiger partial charge in [0.25, 0.3) is 0 Å². The van der Waals surface area contributed by atoms with E-state index < -0.39 is 17.0 Å². The van der Waals surface area contributed by atoms with E-state index in [1.165, 1.54) is 0 Å². The Morgan fingerprint density at radius 3 is 2.47 bits per heavy atom. The van der Waals surface area contributed by atoms with E-state index in [-0.39, 0.29) is 0 Å². The number of hydrogen-bond donors (Lipinski definition) is 3. The molecule has 1 heterocycles. The van der Waals surface area contributed by atoms with Crippen molar-refractivity contribution in [2.75, 3.05) is 13.1 Å². The minimum Gasteiger partial charge on any atom is -0.481 e. The quantitative estimate of drug-likeness (QED) is 0.695. The molecular weight excluding hydrogens is 218 g/mol. The molecule has 0 amide bonds. The number of hydrogen-bond acceptors (Lipinski definition) is 3. The first-order chi connectivity index (χ1) is 7.91. The van der Waals surface area contributed by atoms with Crippen LogP contribution in [-0.4, -0.2) is 34.9 Å². The molecule has 0 aromatic rings. The Morgan fingerprint density at radius 2 is 2.06 bits per heavy atom. The topological polar surface area (TPSA) is 69.6 Å². The molecule has 0 spiro atoms. The minimum absolute atomic E-state index is 0.406. The van der Waals surface area contributed by atoms with Crippen LogP contribution in [0.2, 0.25) is 0 Å². The molecular formula is C13H23NO3. The Hall–Kier alpha value is -0.610. The van der Waals surface area contributed by atoms with E-state index in [4.69, 9.17) is 0 Å².